The van der Waals surface area contributed by atoms with Crippen molar-refractivity contribution in [3.8, 4) is 0 Å². The number of benzene rings is 1. The summed E-state index contributed by atoms with van der Waals surface area (Å²) in [5, 5.41) is 0. The summed E-state index contributed by atoms with van der Waals surface area (Å²) in [6, 6.07) is 9.87. The number of carbonyl (C=O) groups excluding carboxylic acids is 1. The number of rotatable bonds is 9. The summed E-state index contributed by atoms with van der Waals surface area (Å²) in [4.78, 5) is 12.9. The Kier molecular flexibility index (Phi) is 8.05. The van der Waals surface area contributed by atoms with E-state index < -0.39 is 0 Å². The molecule has 0 N–H and O–H groups in total. The van der Waals surface area contributed by atoms with Crippen molar-refractivity contribution < 1.29 is 4.79 Å². The highest BCUT2D eigenvalue weighted by Crippen LogP contribution is 2.11. The number of hydrogen-bond donors (Lipinski definition) is 0. The van der Waals surface area contributed by atoms with Gasteiger partial charge in [-0.15, -0.1) is 0 Å². The van der Waals surface area contributed by atoms with Crippen LogP contribution in [0, 0.1) is 5.92 Å². The molecule has 0 radical (unpaired) electrons. The number of allylic oxidation sites excluding steroid dienone is 2. The summed E-state index contributed by atoms with van der Waals surface area (Å²) in [6.07, 6.45) is 8.76. The van der Waals surface area contributed by atoms with E-state index in [1.165, 1.54) is 6.42 Å². The van der Waals surface area contributed by atoms with Crippen LogP contribution in [0.2, 0.25) is 0 Å². The van der Waals surface area contributed by atoms with E-state index in [1.807, 2.05) is 43.3 Å². The first-order valence-electron chi connectivity index (χ1n) is 7.32. The van der Waals surface area contributed by atoms with Crippen LogP contribution in [0.1, 0.15) is 45.1 Å². The lowest BCUT2D eigenvalue weighted by molar-refractivity contribution is -0.114. The molecule has 1 aromatic carbocycles. The molecule has 0 amide bonds. The Balaban J connectivity index is 2.25. The van der Waals surface area contributed by atoms with Gasteiger partial charge in [-0.25, -0.2) is 0 Å². The quantitative estimate of drug-likeness (QED) is 0.364. The van der Waals surface area contributed by atoms with Crippen LogP contribution in [0.15, 0.2) is 42.5 Å². The predicted molar refractivity (Wildman–Crippen MR) is 90.2 cm³/mol. The van der Waals surface area contributed by atoms with Gasteiger partial charge in [-0.2, -0.15) is 0 Å². The van der Waals surface area contributed by atoms with Crippen LogP contribution < -0.4 is 0 Å². The van der Waals surface area contributed by atoms with E-state index in [0.717, 1.165) is 29.7 Å². The van der Waals surface area contributed by atoms with Gasteiger partial charge in [0.05, 0.1) is 0 Å². The van der Waals surface area contributed by atoms with Gasteiger partial charge in [0.2, 0.25) is 0 Å². The monoisotopic (exact) mass is 288 g/mol. The van der Waals surface area contributed by atoms with Gasteiger partial charge in [0.15, 0.2) is 5.78 Å². The van der Waals surface area contributed by atoms with Crippen molar-refractivity contribution in [3.05, 3.63) is 48.0 Å². The molecule has 1 atom stereocenters. The Morgan fingerprint density at radius 3 is 2.60 bits per heavy atom. The highest BCUT2D eigenvalue weighted by Gasteiger charge is 2.01. The van der Waals surface area contributed by atoms with Crippen molar-refractivity contribution in [2.75, 3.05) is 0 Å². The second-order valence-corrected chi connectivity index (χ2v) is 6.11. The summed E-state index contributed by atoms with van der Waals surface area (Å²) in [7, 11) is 0. The maximum Gasteiger partial charge on any atom is 0.159 e. The predicted octanol–water partition coefficient (Wildman–Crippen LogP) is 4.94. The molecule has 0 saturated heterocycles. The van der Waals surface area contributed by atoms with E-state index >= 15 is 0 Å². The largest absolute Gasteiger partial charge is 0.294 e. The third-order valence-electron chi connectivity index (χ3n) is 3.27. The first-order chi connectivity index (χ1) is 9.58. The van der Waals surface area contributed by atoms with Gasteiger partial charge in [-0.05, 0) is 48.6 Å². The van der Waals surface area contributed by atoms with E-state index in [-0.39, 0.29) is 5.78 Å². The minimum absolute atomic E-state index is 0.179. The molecule has 1 unspecified atom stereocenters. The molecule has 0 aliphatic carbocycles. The van der Waals surface area contributed by atoms with Gasteiger partial charge in [0.25, 0.3) is 0 Å². The molecule has 0 heterocycles. The van der Waals surface area contributed by atoms with Crippen LogP contribution in [-0.4, -0.2) is 10.6 Å². The standard InChI is InChI=1S/C18H24OS/c1-15(8-6-7-9-16(2)20)12-13-18(19)14-17-10-4-3-5-11-17/h3-5,10-13,15H,6-9,14H2,1-2H3/b13-12+. The molecule has 0 saturated carbocycles. The van der Waals surface area contributed by atoms with E-state index in [9.17, 15) is 4.79 Å². The number of thiocarbonyl (C=S) groups is 1. The Hall–Kier alpha value is -1.28. The molecular weight excluding hydrogens is 264 g/mol. The fraction of sp³-hybridized carbons (Fsp3) is 0.444. The van der Waals surface area contributed by atoms with E-state index in [2.05, 4.69) is 6.92 Å². The Bertz CT molecular complexity index is 448. The molecule has 1 rings (SSSR count). The summed E-state index contributed by atoms with van der Waals surface area (Å²) in [5.74, 6) is 0.637. The minimum atomic E-state index is 0.179. The van der Waals surface area contributed by atoms with Crippen molar-refractivity contribution >= 4 is 22.9 Å². The van der Waals surface area contributed by atoms with E-state index in [4.69, 9.17) is 12.2 Å². The van der Waals surface area contributed by atoms with Crippen LogP contribution in [0.3, 0.4) is 0 Å². The molecule has 0 fully saturated rings. The zero-order valence-electron chi connectivity index (χ0n) is 12.5. The topological polar surface area (TPSA) is 17.1 Å². The average Bonchev–Trinajstić information content (AvgIpc) is 2.42. The minimum Gasteiger partial charge on any atom is -0.294 e. The van der Waals surface area contributed by atoms with Crippen LogP contribution in [0.5, 0.6) is 0 Å². The maximum atomic E-state index is 11.8. The number of carbonyl (C=O) groups is 1. The zero-order valence-corrected chi connectivity index (χ0v) is 13.3. The summed E-state index contributed by atoms with van der Waals surface area (Å²) in [5.41, 5.74) is 1.08. The second-order valence-electron chi connectivity index (χ2n) is 5.41. The van der Waals surface area contributed by atoms with Gasteiger partial charge >= 0.3 is 0 Å². The first kappa shape index (κ1) is 16.8. The molecule has 0 aliphatic rings. The number of ketones is 1. The zero-order chi connectivity index (χ0) is 14.8. The Labute approximate surface area is 128 Å². The lowest BCUT2D eigenvalue weighted by Crippen LogP contribution is -2.00. The van der Waals surface area contributed by atoms with Gasteiger partial charge < -0.3 is 0 Å². The molecule has 108 valence electrons. The molecular formula is C18H24OS. The molecule has 0 aliphatic heterocycles. The Morgan fingerprint density at radius 1 is 1.25 bits per heavy atom. The van der Waals surface area contributed by atoms with Gasteiger partial charge in [0.1, 0.15) is 0 Å². The van der Waals surface area contributed by atoms with E-state index in [1.54, 1.807) is 6.08 Å². The molecule has 0 bridgehead atoms. The van der Waals surface area contributed by atoms with E-state index in [0.29, 0.717) is 12.3 Å². The normalized spacial score (nSPS) is 12.5. The fourth-order valence-electron chi connectivity index (χ4n) is 2.06. The van der Waals surface area contributed by atoms with Gasteiger partial charge in [-0.3, -0.25) is 4.79 Å². The number of unbranched alkanes of at least 4 members (excludes halogenated alkanes) is 1. The van der Waals surface area contributed by atoms with Crippen LogP contribution in [-0.2, 0) is 11.2 Å². The average molecular weight is 288 g/mol. The lowest BCUT2D eigenvalue weighted by atomic mass is 10.0. The highest BCUT2D eigenvalue weighted by atomic mass is 32.1. The molecule has 0 spiro atoms. The first-order valence-corrected chi connectivity index (χ1v) is 7.73. The molecule has 20 heavy (non-hydrogen) atoms. The lowest BCUT2D eigenvalue weighted by Gasteiger charge is -2.05. The smallest absolute Gasteiger partial charge is 0.159 e. The fourth-order valence-corrected chi connectivity index (χ4v) is 2.21. The summed E-state index contributed by atoms with van der Waals surface area (Å²) in [6.45, 7) is 4.16. The summed E-state index contributed by atoms with van der Waals surface area (Å²) >= 11 is 5.06. The van der Waals surface area contributed by atoms with Crippen molar-refractivity contribution in [2.45, 2.75) is 46.0 Å². The SMILES string of the molecule is CC(=S)CCCCC(C)/C=C/C(=O)Cc1ccccc1. The Morgan fingerprint density at radius 2 is 1.95 bits per heavy atom. The molecule has 2 heteroatoms. The van der Waals surface area contributed by atoms with Crippen LogP contribution >= 0.6 is 12.2 Å². The molecule has 1 aromatic rings. The van der Waals surface area contributed by atoms with Crippen LogP contribution in [0.25, 0.3) is 0 Å². The van der Waals surface area contributed by atoms with Gasteiger partial charge in [0, 0.05) is 6.42 Å². The van der Waals surface area contributed by atoms with Gasteiger partial charge in [-0.1, -0.05) is 62.0 Å². The van der Waals surface area contributed by atoms with Crippen molar-refractivity contribution in [2.24, 2.45) is 5.92 Å². The van der Waals surface area contributed by atoms with Crippen molar-refractivity contribution in [3.63, 3.8) is 0 Å². The molecule has 1 nitrogen and oxygen atoms in total. The number of hydrogen-bond acceptors (Lipinski definition) is 2. The highest BCUT2D eigenvalue weighted by molar-refractivity contribution is 7.80. The van der Waals surface area contributed by atoms with Crippen LogP contribution in [0.4, 0.5) is 0 Å². The third kappa shape index (κ3) is 8.00. The molecule has 0 aromatic heterocycles. The summed E-state index contributed by atoms with van der Waals surface area (Å²) < 4.78 is 0. The maximum absolute atomic E-state index is 11.8. The second kappa shape index (κ2) is 9.60. The van der Waals surface area contributed by atoms with Crippen molar-refractivity contribution in [1.29, 1.82) is 0 Å². The van der Waals surface area contributed by atoms with Crippen molar-refractivity contribution in [1.82, 2.24) is 0 Å². The third-order valence-corrected chi connectivity index (χ3v) is 3.47.